The highest BCUT2D eigenvalue weighted by atomic mass is 16.3. The maximum Gasteiger partial charge on any atom is 0.110 e. The molecule has 0 unspecified atom stereocenters. The quantitative estimate of drug-likeness (QED) is 0.448. The van der Waals surface area contributed by atoms with Crippen LogP contribution in [0.4, 0.5) is 0 Å². The normalized spacial score (nSPS) is 11.2. The third kappa shape index (κ3) is 5.07. The van der Waals surface area contributed by atoms with Gasteiger partial charge in [0, 0.05) is 12.1 Å². The maximum absolute atomic E-state index is 8.86. The van der Waals surface area contributed by atoms with Gasteiger partial charge in [0.05, 0.1) is 6.20 Å². The fourth-order valence-electron chi connectivity index (χ4n) is 0.295. The molecule has 9 heavy (non-hydrogen) atoms. The fraction of sp³-hybridized carbons (Fsp3) is 0.571. The van der Waals surface area contributed by atoms with Gasteiger partial charge in [0.15, 0.2) is 0 Å². The Morgan fingerprint density at radius 2 is 2.11 bits per heavy atom. The van der Waals surface area contributed by atoms with E-state index in [4.69, 9.17) is 5.11 Å². The first kappa shape index (κ1) is 8.21. The summed E-state index contributed by atoms with van der Waals surface area (Å²) >= 11 is 0. The number of nitrogens with zero attached hydrogens (tertiary/aromatic N) is 1. The Bertz CT molecular complexity index is 132. The van der Waals surface area contributed by atoms with E-state index in [-0.39, 0.29) is 0 Å². The summed E-state index contributed by atoms with van der Waals surface area (Å²) in [6.07, 6.45) is 2.13. The van der Waals surface area contributed by atoms with E-state index in [0.717, 1.165) is 5.71 Å². The van der Waals surface area contributed by atoms with Gasteiger partial charge in [0.1, 0.15) is 5.76 Å². The van der Waals surface area contributed by atoms with Crippen LogP contribution >= 0.6 is 0 Å². The number of allylic oxidation sites excluding steroid dienone is 1. The molecule has 0 fully saturated rings. The summed E-state index contributed by atoms with van der Waals surface area (Å²) in [4.78, 5) is 3.90. The van der Waals surface area contributed by atoms with Crippen molar-refractivity contribution in [3.05, 3.63) is 12.0 Å². The van der Waals surface area contributed by atoms with Crippen molar-refractivity contribution in [3.8, 4) is 0 Å². The van der Waals surface area contributed by atoms with Crippen molar-refractivity contribution < 1.29 is 5.11 Å². The second kappa shape index (κ2) is 4.13. The van der Waals surface area contributed by atoms with Crippen molar-refractivity contribution in [1.82, 2.24) is 0 Å². The van der Waals surface area contributed by atoms with Crippen molar-refractivity contribution in [2.45, 2.75) is 27.2 Å². The van der Waals surface area contributed by atoms with Crippen LogP contribution in [0.1, 0.15) is 27.2 Å². The zero-order chi connectivity index (χ0) is 7.28. The van der Waals surface area contributed by atoms with Crippen LogP contribution in [0.5, 0.6) is 0 Å². The molecule has 0 amide bonds. The predicted octanol–water partition coefficient (Wildman–Crippen LogP) is 2.28. The molecule has 52 valence electrons. The second-order valence-corrected chi connectivity index (χ2v) is 2.05. The molecule has 0 aromatic rings. The Morgan fingerprint density at radius 3 is 2.44 bits per heavy atom. The van der Waals surface area contributed by atoms with Gasteiger partial charge in [-0.15, -0.1) is 0 Å². The monoisotopic (exact) mass is 127 g/mol. The SMILES string of the molecule is CC/C(O)=C\N=C(C)C. The molecule has 0 radical (unpaired) electrons. The highest BCUT2D eigenvalue weighted by molar-refractivity contribution is 5.79. The molecule has 0 aromatic carbocycles. The summed E-state index contributed by atoms with van der Waals surface area (Å²) in [5.74, 6) is 0.330. The third-order valence-electron chi connectivity index (χ3n) is 0.834. The van der Waals surface area contributed by atoms with E-state index >= 15 is 0 Å². The van der Waals surface area contributed by atoms with Gasteiger partial charge in [-0.2, -0.15) is 0 Å². The molecule has 0 bridgehead atoms. The lowest BCUT2D eigenvalue weighted by Gasteiger charge is -1.88. The number of aliphatic hydroxyl groups is 1. The molecule has 0 aliphatic rings. The zero-order valence-electron chi connectivity index (χ0n) is 6.18. The molecule has 0 rings (SSSR count). The van der Waals surface area contributed by atoms with Crippen molar-refractivity contribution in [2.75, 3.05) is 0 Å². The molecule has 0 saturated carbocycles. The third-order valence-corrected chi connectivity index (χ3v) is 0.834. The van der Waals surface area contributed by atoms with E-state index in [1.807, 2.05) is 20.8 Å². The molecule has 1 N–H and O–H groups in total. The molecule has 0 spiro atoms. The van der Waals surface area contributed by atoms with E-state index in [2.05, 4.69) is 4.99 Å². The summed E-state index contributed by atoms with van der Waals surface area (Å²) in [6, 6.07) is 0. The van der Waals surface area contributed by atoms with Gasteiger partial charge in [-0.3, -0.25) is 4.99 Å². The smallest absolute Gasteiger partial charge is 0.110 e. The van der Waals surface area contributed by atoms with Crippen LogP contribution in [0.15, 0.2) is 17.0 Å². The molecule has 0 heterocycles. The molecule has 0 saturated heterocycles. The molecule has 0 aliphatic heterocycles. The maximum atomic E-state index is 8.86. The van der Waals surface area contributed by atoms with Crippen molar-refractivity contribution in [1.29, 1.82) is 0 Å². The lowest BCUT2D eigenvalue weighted by molar-refractivity contribution is 0.393. The van der Waals surface area contributed by atoms with Gasteiger partial charge < -0.3 is 5.11 Å². The molecule has 0 aliphatic carbocycles. The summed E-state index contributed by atoms with van der Waals surface area (Å²) in [5, 5.41) is 8.86. The first-order valence-corrected chi connectivity index (χ1v) is 3.05. The fourth-order valence-corrected chi connectivity index (χ4v) is 0.295. The summed E-state index contributed by atoms with van der Waals surface area (Å²) < 4.78 is 0. The number of hydrogen-bond acceptors (Lipinski definition) is 2. The van der Waals surface area contributed by atoms with E-state index < -0.39 is 0 Å². The van der Waals surface area contributed by atoms with Gasteiger partial charge in [0.25, 0.3) is 0 Å². The Hall–Kier alpha value is -0.790. The highest BCUT2D eigenvalue weighted by Crippen LogP contribution is 1.93. The number of aliphatic hydroxyl groups excluding tert-OH is 1. The standard InChI is InChI=1S/C7H13NO/c1-4-7(9)5-8-6(2)3/h5,9H,4H2,1-3H3/b7-5+. The molecule has 2 heteroatoms. The van der Waals surface area contributed by atoms with E-state index in [9.17, 15) is 0 Å². The minimum atomic E-state index is 0.330. The van der Waals surface area contributed by atoms with E-state index in [1.165, 1.54) is 6.20 Å². The van der Waals surface area contributed by atoms with Crippen molar-refractivity contribution in [2.24, 2.45) is 4.99 Å². The van der Waals surface area contributed by atoms with Gasteiger partial charge in [-0.05, 0) is 13.8 Å². The van der Waals surface area contributed by atoms with Gasteiger partial charge in [-0.1, -0.05) is 6.92 Å². The van der Waals surface area contributed by atoms with Crippen molar-refractivity contribution >= 4 is 5.71 Å². The average molecular weight is 127 g/mol. The molecule has 0 aromatic heterocycles. The Balaban J connectivity index is 3.83. The first-order valence-electron chi connectivity index (χ1n) is 3.05. The van der Waals surface area contributed by atoms with Gasteiger partial charge in [0.2, 0.25) is 0 Å². The predicted molar refractivity (Wildman–Crippen MR) is 39.8 cm³/mol. The van der Waals surface area contributed by atoms with Crippen molar-refractivity contribution in [3.63, 3.8) is 0 Å². The van der Waals surface area contributed by atoms with E-state index in [1.54, 1.807) is 0 Å². The second-order valence-electron chi connectivity index (χ2n) is 2.05. The lowest BCUT2D eigenvalue weighted by Crippen LogP contribution is -1.79. The van der Waals surface area contributed by atoms with Gasteiger partial charge in [-0.25, -0.2) is 0 Å². The minimum Gasteiger partial charge on any atom is -0.511 e. The molecular formula is C7H13NO. The summed E-state index contributed by atoms with van der Waals surface area (Å²) in [5.41, 5.74) is 0.954. The Kier molecular flexibility index (Phi) is 3.76. The van der Waals surface area contributed by atoms with Crippen LogP contribution in [0.25, 0.3) is 0 Å². The number of hydrogen-bond donors (Lipinski definition) is 1. The first-order chi connectivity index (χ1) is 4.16. The Labute approximate surface area is 55.9 Å². The van der Waals surface area contributed by atoms with Crippen LogP contribution in [0.2, 0.25) is 0 Å². The molecule has 2 nitrogen and oxygen atoms in total. The zero-order valence-corrected chi connectivity index (χ0v) is 6.18. The molecular weight excluding hydrogens is 114 g/mol. The summed E-state index contributed by atoms with van der Waals surface area (Å²) in [6.45, 7) is 5.66. The van der Waals surface area contributed by atoms with E-state index in [0.29, 0.717) is 12.2 Å². The topological polar surface area (TPSA) is 32.6 Å². The van der Waals surface area contributed by atoms with Crippen LogP contribution < -0.4 is 0 Å². The van der Waals surface area contributed by atoms with Crippen LogP contribution in [-0.2, 0) is 0 Å². The van der Waals surface area contributed by atoms with Crippen LogP contribution in [-0.4, -0.2) is 10.8 Å². The number of rotatable bonds is 2. The minimum absolute atomic E-state index is 0.330. The largest absolute Gasteiger partial charge is 0.511 e. The highest BCUT2D eigenvalue weighted by Gasteiger charge is 1.82. The van der Waals surface area contributed by atoms with Crippen LogP contribution in [0.3, 0.4) is 0 Å². The molecule has 0 atom stereocenters. The average Bonchev–Trinajstić information content (AvgIpc) is 1.83. The summed E-state index contributed by atoms with van der Waals surface area (Å²) in [7, 11) is 0. The van der Waals surface area contributed by atoms with Crippen LogP contribution in [0, 0.1) is 0 Å². The number of aliphatic imine (C=N–C) groups is 1. The van der Waals surface area contributed by atoms with Gasteiger partial charge >= 0.3 is 0 Å². The Morgan fingerprint density at radius 1 is 1.56 bits per heavy atom. The lowest BCUT2D eigenvalue weighted by atomic mass is 10.4.